The Bertz CT molecular complexity index is 346. The molecule has 1 atom stereocenters. The minimum absolute atomic E-state index is 0.439. The van der Waals surface area contributed by atoms with Crippen LogP contribution in [0.15, 0.2) is 11.2 Å². The minimum Gasteiger partial charge on any atom is -0.354 e. The molecule has 0 aliphatic heterocycles. The van der Waals surface area contributed by atoms with Gasteiger partial charge in [0, 0.05) is 24.2 Å². The van der Waals surface area contributed by atoms with Gasteiger partial charge in [-0.15, -0.1) is 11.3 Å². The molecule has 1 rings (SSSR count). The highest BCUT2D eigenvalue weighted by Gasteiger charge is 2.03. The maximum Gasteiger partial charge on any atom is 0.191 e. The molecule has 0 radical (unpaired) electrons. The van der Waals surface area contributed by atoms with Gasteiger partial charge in [0.2, 0.25) is 0 Å². The summed E-state index contributed by atoms with van der Waals surface area (Å²) in [5.74, 6) is 0.848. The number of thiazole rings is 1. The van der Waals surface area contributed by atoms with Crippen molar-refractivity contribution in [2.45, 2.75) is 39.8 Å². The molecule has 0 aliphatic carbocycles. The summed E-state index contributed by atoms with van der Waals surface area (Å²) in [6.07, 6.45) is 2.99. The van der Waals surface area contributed by atoms with Gasteiger partial charge in [-0.3, -0.25) is 4.99 Å². The molecule has 0 bridgehead atoms. The van der Waals surface area contributed by atoms with E-state index >= 15 is 0 Å². The van der Waals surface area contributed by atoms with E-state index in [9.17, 15) is 0 Å². The lowest BCUT2D eigenvalue weighted by Crippen LogP contribution is -2.41. The van der Waals surface area contributed by atoms with E-state index in [4.69, 9.17) is 0 Å². The van der Waals surface area contributed by atoms with Crippen LogP contribution in [0.4, 0.5) is 0 Å². The van der Waals surface area contributed by atoms with Crippen molar-refractivity contribution in [2.75, 3.05) is 7.05 Å². The van der Waals surface area contributed by atoms with Gasteiger partial charge in [-0.25, -0.2) is 4.98 Å². The van der Waals surface area contributed by atoms with Crippen LogP contribution >= 0.6 is 11.3 Å². The van der Waals surface area contributed by atoms with Gasteiger partial charge in [0.1, 0.15) is 0 Å². The molecule has 1 heterocycles. The molecular formula is C11H20N4S. The SMILES string of the molecule is CCC(C)NC(=NC)NCc1cnc(C)s1. The number of rotatable bonds is 4. The molecule has 1 aromatic heterocycles. The van der Waals surface area contributed by atoms with Crippen LogP contribution in [0, 0.1) is 6.92 Å². The number of aromatic nitrogens is 1. The summed E-state index contributed by atoms with van der Waals surface area (Å²) in [6.45, 7) is 7.09. The zero-order chi connectivity index (χ0) is 12.0. The molecule has 5 heteroatoms. The van der Waals surface area contributed by atoms with E-state index in [1.807, 2.05) is 13.1 Å². The van der Waals surface area contributed by atoms with Crippen LogP contribution in [0.5, 0.6) is 0 Å². The second-order valence-corrected chi connectivity index (χ2v) is 5.04. The van der Waals surface area contributed by atoms with E-state index in [1.165, 1.54) is 4.88 Å². The first-order chi connectivity index (χ1) is 7.65. The molecular weight excluding hydrogens is 220 g/mol. The Morgan fingerprint density at radius 3 is 2.88 bits per heavy atom. The third kappa shape index (κ3) is 4.18. The van der Waals surface area contributed by atoms with Crippen LogP contribution in [0.2, 0.25) is 0 Å². The predicted molar refractivity (Wildman–Crippen MR) is 69.9 cm³/mol. The quantitative estimate of drug-likeness (QED) is 0.624. The second kappa shape index (κ2) is 6.48. The molecule has 0 saturated heterocycles. The molecule has 16 heavy (non-hydrogen) atoms. The summed E-state index contributed by atoms with van der Waals surface area (Å²) in [5, 5.41) is 7.69. The lowest BCUT2D eigenvalue weighted by molar-refractivity contribution is 0.624. The van der Waals surface area contributed by atoms with E-state index in [1.54, 1.807) is 18.4 Å². The molecule has 0 aliphatic rings. The van der Waals surface area contributed by atoms with Crippen LogP contribution in [0.25, 0.3) is 0 Å². The van der Waals surface area contributed by atoms with Gasteiger partial charge in [0.25, 0.3) is 0 Å². The molecule has 0 amide bonds. The van der Waals surface area contributed by atoms with Crippen molar-refractivity contribution in [3.05, 3.63) is 16.1 Å². The molecule has 2 N–H and O–H groups in total. The average molecular weight is 240 g/mol. The van der Waals surface area contributed by atoms with Gasteiger partial charge in [-0.2, -0.15) is 0 Å². The number of nitrogens with one attached hydrogen (secondary N) is 2. The number of hydrogen-bond acceptors (Lipinski definition) is 3. The van der Waals surface area contributed by atoms with E-state index < -0.39 is 0 Å². The number of guanidine groups is 1. The first kappa shape index (κ1) is 13.0. The van der Waals surface area contributed by atoms with Crippen molar-refractivity contribution in [2.24, 2.45) is 4.99 Å². The number of aliphatic imine (C=N–C) groups is 1. The summed E-state index contributed by atoms with van der Waals surface area (Å²) >= 11 is 1.71. The molecule has 0 saturated carbocycles. The van der Waals surface area contributed by atoms with Crippen LogP contribution in [0.3, 0.4) is 0 Å². The Balaban J connectivity index is 2.40. The standard InChI is InChI=1S/C11H20N4S/c1-5-8(2)15-11(12-4)14-7-10-6-13-9(3)16-10/h6,8H,5,7H2,1-4H3,(H2,12,14,15). The van der Waals surface area contributed by atoms with Crippen molar-refractivity contribution < 1.29 is 0 Å². The lowest BCUT2D eigenvalue weighted by atomic mass is 10.3. The highest BCUT2D eigenvalue weighted by atomic mass is 32.1. The topological polar surface area (TPSA) is 49.3 Å². The third-order valence-electron chi connectivity index (χ3n) is 2.32. The molecule has 0 aromatic carbocycles. The zero-order valence-electron chi connectivity index (χ0n) is 10.4. The Hall–Kier alpha value is -1.10. The predicted octanol–water partition coefficient (Wildman–Crippen LogP) is 1.92. The van der Waals surface area contributed by atoms with Crippen molar-refractivity contribution in [3.63, 3.8) is 0 Å². The van der Waals surface area contributed by atoms with Gasteiger partial charge in [-0.05, 0) is 20.3 Å². The zero-order valence-corrected chi connectivity index (χ0v) is 11.2. The van der Waals surface area contributed by atoms with Crippen molar-refractivity contribution in [1.29, 1.82) is 0 Å². The molecule has 1 unspecified atom stereocenters. The van der Waals surface area contributed by atoms with Crippen LogP contribution in [-0.2, 0) is 6.54 Å². The minimum atomic E-state index is 0.439. The maximum absolute atomic E-state index is 4.22. The Morgan fingerprint density at radius 1 is 1.62 bits per heavy atom. The fourth-order valence-corrected chi connectivity index (χ4v) is 1.92. The highest BCUT2D eigenvalue weighted by Crippen LogP contribution is 2.10. The highest BCUT2D eigenvalue weighted by molar-refractivity contribution is 7.11. The van der Waals surface area contributed by atoms with E-state index in [2.05, 4.69) is 34.5 Å². The van der Waals surface area contributed by atoms with Crippen molar-refractivity contribution >= 4 is 17.3 Å². The third-order valence-corrected chi connectivity index (χ3v) is 3.23. The summed E-state index contributed by atoms with van der Waals surface area (Å²) in [4.78, 5) is 9.62. The van der Waals surface area contributed by atoms with Crippen molar-refractivity contribution in [1.82, 2.24) is 15.6 Å². The first-order valence-corrected chi connectivity index (χ1v) is 6.35. The molecule has 90 valence electrons. The maximum atomic E-state index is 4.22. The lowest BCUT2D eigenvalue weighted by Gasteiger charge is -2.15. The number of aryl methyl sites for hydroxylation is 1. The Kier molecular flexibility index (Phi) is 5.25. The van der Waals surface area contributed by atoms with E-state index in [0.29, 0.717) is 6.04 Å². The average Bonchev–Trinajstić information content (AvgIpc) is 2.69. The molecule has 0 spiro atoms. The Morgan fingerprint density at radius 2 is 2.38 bits per heavy atom. The van der Waals surface area contributed by atoms with Gasteiger partial charge in [-0.1, -0.05) is 6.92 Å². The van der Waals surface area contributed by atoms with E-state index in [0.717, 1.165) is 23.9 Å². The molecule has 4 nitrogen and oxygen atoms in total. The summed E-state index contributed by atoms with van der Waals surface area (Å²) in [5.41, 5.74) is 0. The number of nitrogens with zero attached hydrogens (tertiary/aromatic N) is 2. The smallest absolute Gasteiger partial charge is 0.191 e. The van der Waals surface area contributed by atoms with Gasteiger partial charge < -0.3 is 10.6 Å². The van der Waals surface area contributed by atoms with E-state index in [-0.39, 0.29) is 0 Å². The van der Waals surface area contributed by atoms with Crippen molar-refractivity contribution in [3.8, 4) is 0 Å². The first-order valence-electron chi connectivity index (χ1n) is 5.54. The summed E-state index contributed by atoms with van der Waals surface area (Å²) in [7, 11) is 1.79. The molecule has 0 fully saturated rings. The second-order valence-electron chi connectivity index (χ2n) is 3.72. The fraction of sp³-hybridized carbons (Fsp3) is 0.636. The molecule has 1 aromatic rings. The fourth-order valence-electron chi connectivity index (χ4n) is 1.19. The summed E-state index contributed by atoms with van der Waals surface area (Å²) < 4.78 is 0. The van der Waals surface area contributed by atoms with Gasteiger partial charge in [0.05, 0.1) is 11.6 Å². The van der Waals surface area contributed by atoms with Gasteiger partial charge >= 0.3 is 0 Å². The Labute approximate surface area is 101 Å². The van der Waals surface area contributed by atoms with Gasteiger partial charge in [0.15, 0.2) is 5.96 Å². The monoisotopic (exact) mass is 240 g/mol. The van der Waals surface area contributed by atoms with Crippen LogP contribution in [0.1, 0.15) is 30.2 Å². The summed E-state index contributed by atoms with van der Waals surface area (Å²) in [6, 6.07) is 0.439. The number of hydrogen-bond donors (Lipinski definition) is 2. The van der Waals surface area contributed by atoms with Crippen LogP contribution in [-0.4, -0.2) is 24.0 Å². The largest absolute Gasteiger partial charge is 0.354 e. The normalized spacial score (nSPS) is 13.6. The van der Waals surface area contributed by atoms with Crippen LogP contribution < -0.4 is 10.6 Å².